The number of hydrogen-bond acceptors (Lipinski definition) is 6. The Labute approximate surface area is 309 Å². The van der Waals surface area contributed by atoms with Crippen LogP contribution in [0, 0.1) is 63.5 Å². The van der Waals surface area contributed by atoms with Gasteiger partial charge in [0.05, 0.1) is 30.4 Å². The number of carbonyl (C=O) groups is 2. The zero-order valence-corrected chi connectivity index (χ0v) is 32.3. The van der Waals surface area contributed by atoms with Crippen molar-refractivity contribution in [1.82, 2.24) is 9.88 Å². The van der Waals surface area contributed by atoms with Crippen molar-refractivity contribution in [1.29, 1.82) is 0 Å². The minimum Gasteiger partial charge on any atom is -0.461 e. The summed E-state index contributed by atoms with van der Waals surface area (Å²) in [6.07, 6.45) is 9.23. The van der Waals surface area contributed by atoms with E-state index >= 15 is 0 Å². The van der Waals surface area contributed by atoms with Gasteiger partial charge in [-0.15, -0.1) is 0 Å². The molecule has 0 radical (unpaired) electrons. The first-order chi connectivity index (χ1) is 24.6. The molecule has 1 aromatic carbocycles. The standard InChI is InChI=1S/C44H59FN2O5/c1-26-18-29(21-30(45)19-26)23-47(28(3)48)24-32-20-27(2)37-38(51-32)39(50)42(7)34-12-11-33-40(4,5)35(52-36(49)22-31-10-8-9-17-46-31)13-14-43(33)25-44(34,43)16-15-41(37,42)6/h8-10,17-19,21,27,32-35,37-39,50H,11-16,20,22-25H2,1-7H3/t27-,32?,33+,34?,35+,37+,38?,39+,41-,42-,43-,44+/m1/s1. The lowest BCUT2D eigenvalue weighted by Crippen LogP contribution is -2.60. The van der Waals surface area contributed by atoms with Crippen molar-refractivity contribution in [3.05, 3.63) is 65.2 Å². The lowest BCUT2D eigenvalue weighted by molar-refractivity contribution is -0.192. The number of aliphatic hydroxyl groups is 1. The quantitative estimate of drug-likeness (QED) is 0.294. The second kappa shape index (κ2) is 12.3. The van der Waals surface area contributed by atoms with Crippen LogP contribution < -0.4 is 0 Å². The van der Waals surface area contributed by atoms with Gasteiger partial charge in [-0.25, -0.2) is 4.39 Å². The summed E-state index contributed by atoms with van der Waals surface area (Å²) in [5.41, 5.74) is 2.32. The molecule has 0 bridgehead atoms. The molecule has 6 aliphatic rings. The summed E-state index contributed by atoms with van der Waals surface area (Å²) in [5, 5.41) is 12.6. The van der Waals surface area contributed by atoms with Gasteiger partial charge in [0.2, 0.25) is 5.91 Å². The van der Waals surface area contributed by atoms with E-state index in [-0.39, 0.29) is 75.4 Å². The topological polar surface area (TPSA) is 89.0 Å². The number of amides is 1. The molecule has 5 aliphatic carbocycles. The maximum atomic E-state index is 14.2. The molecule has 1 saturated heterocycles. The first kappa shape index (κ1) is 36.2. The zero-order chi connectivity index (χ0) is 37.0. The number of fused-ring (bicyclic) bond motifs is 4. The number of aromatic nitrogens is 1. The number of aryl methyl sites for hydroxylation is 1. The van der Waals surface area contributed by atoms with Crippen LogP contribution in [-0.2, 0) is 32.0 Å². The first-order valence-electron chi connectivity index (χ1n) is 20.0. The van der Waals surface area contributed by atoms with Gasteiger partial charge in [-0.1, -0.05) is 46.8 Å². The highest BCUT2D eigenvalue weighted by molar-refractivity contribution is 5.73. The predicted octanol–water partition coefficient (Wildman–Crippen LogP) is 7.85. The second-order valence-electron chi connectivity index (χ2n) is 19.2. The number of rotatable bonds is 7. The van der Waals surface area contributed by atoms with E-state index in [4.69, 9.17) is 9.47 Å². The number of benzene rings is 1. The van der Waals surface area contributed by atoms with E-state index in [9.17, 15) is 19.1 Å². The van der Waals surface area contributed by atoms with Crippen molar-refractivity contribution in [2.45, 2.75) is 137 Å². The van der Waals surface area contributed by atoms with Gasteiger partial charge >= 0.3 is 5.97 Å². The summed E-state index contributed by atoms with van der Waals surface area (Å²) in [4.78, 5) is 32.1. The normalized spacial score (nSPS) is 42.5. The number of pyridine rings is 1. The molecular weight excluding hydrogens is 655 g/mol. The molecule has 12 atom stereocenters. The first-order valence-corrected chi connectivity index (χ1v) is 20.0. The van der Waals surface area contributed by atoms with E-state index in [1.54, 1.807) is 18.0 Å². The highest BCUT2D eigenvalue weighted by atomic mass is 19.1. The number of esters is 1. The summed E-state index contributed by atoms with van der Waals surface area (Å²) in [6.45, 7) is 16.1. The molecule has 8 rings (SSSR count). The van der Waals surface area contributed by atoms with E-state index in [2.05, 4.69) is 39.6 Å². The average molecular weight is 715 g/mol. The Hall–Kier alpha value is -2.84. The molecule has 1 aromatic heterocycles. The Morgan fingerprint density at radius 1 is 1.04 bits per heavy atom. The molecule has 52 heavy (non-hydrogen) atoms. The Bertz CT molecular complexity index is 1710. The van der Waals surface area contributed by atoms with Crippen molar-refractivity contribution >= 4 is 11.9 Å². The molecule has 8 heteroatoms. The molecule has 2 heterocycles. The Kier molecular flexibility index (Phi) is 8.58. The maximum Gasteiger partial charge on any atom is 0.312 e. The fourth-order valence-corrected chi connectivity index (χ4v) is 14.2. The maximum absolute atomic E-state index is 14.2. The van der Waals surface area contributed by atoms with Crippen LogP contribution in [0.2, 0.25) is 0 Å². The van der Waals surface area contributed by atoms with E-state index in [0.29, 0.717) is 30.8 Å². The monoisotopic (exact) mass is 714 g/mol. The molecule has 282 valence electrons. The van der Waals surface area contributed by atoms with Gasteiger partial charge < -0.3 is 19.5 Å². The van der Waals surface area contributed by atoms with E-state index in [1.807, 2.05) is 31.2 Å². The minimum atomic E-state index is -0.585. The van der Waals surface area contributed by atoms with Gasteiger partial charge in [0, 0.05) is 37.0 Å². The lowest BCUT2D eigenvalue weighted by atomic mass is 9.41. The Morgan fingerprint density at radius 3 is 2.50 bits per heavy atom. The predicted molar refractivity (Wildman–Crippen MR) is 196 cm³/mol. The Morgan fingerprint density at radius 2 is 1.79 bits per heavy atom. The fraction of sp³-hybridized carbons (Fsp3) is 0.705. The molecule has 5 saturated carbocycles. The van der Waals surface area contributed by atoms with Gasteiger partial charge in [-0.3, -0.25) is 14.6 Å². The van der Waals surface area contributed by atoms with Gasteiger partial charge in [0.25, 0.3) is 0 Å². The summed E-state index contributed by atoms with van der Waals surface area (Å²) >= 11 is 0. The molecule has 1 aliphatic heterocycles. The highest BCUT2D eigenvalue weighted by Gasteiger charge is 2.84. The summed E-state index contributed by atoms with van der Waals surface area (Å²) < 4.78 is 27.5. The lowest BCUT2D eigenvalue weighted by Gasteiger charge is -2.63. The SMILES string of the molecule is CC(=O)N(Cc1cc(C)cc(F)c1)CC1C[C@@H](C)[C@H]2C(O1)[C@H](O)[C@@]1(C)C3CC[C@H]4C(C)(C)[C@@H](OC(=O)Cc5ccccn5)CC[C@@]45C[C@@]35CC[C@]21C. The molecule has 2 spiro atoms. The molecule has 7 nitrogen and oxygen atoms in total. The summed E-state index contributed by atoms with van der Waals surface area (Å²) in [5.74, 6) is 0.938. The number of carbonyl (C=O) groups excluding carboxylic acids is 2. The van der Waals surface area contributed by atoms with E-state index in [0.717, 1.165) is 55.3 Å². The van der Waals surface area contributed by atoms with E-state index in [1.165, 1.54) is 25.0 Å². The van der Waals surface area contributed by atoms with Gasteiger partial charge in [0.15, 0.2) is 0 Å². The number of ether oxygens (including phenoxy) is 2. The minimum absolute atomic E-state index is 0.0545. The van der Waals surface area contributed by atoms with Crippen LogP contribution in [-0.4, -0.2) is 57.8 Å². The van der Waals surface area contributed by atoms with Crippen molar-refractivity contribution in [2.24, 2.45) is 50.7 Å². The van der Waals surface area contributed by atoms with Crippen molar-refractivity contribution in [3.8, 4) is 0 Å². The number of hydrogen-bond donors (Lipinski definition) is 1. The summed E-state index contributed by atoms with van der Waals surface area (Å²) in [6, 6.07) is 10.6. The van der Waals surface area contributed by atoms with E-state index < -0.39 is 6.10 Å². The van der Waals surface area contributed by atoms with Crippen LogP contribution in [0.15, 0.2) is 42.6 Å². The van der Waals surface area contributed by atoms with Crippen LogP contribution in [0.25, 0.3) is 0 Å². The number of nitrogens with zero attached hydrogens (tertiary/aromatic N) is 2. The fourth-order valence-electron chi connectivity index (χ4n) is 14.2. The molecule has 1 amide bonds. The van der Waals surface area contributed by atoms with Crippen molar-refractivity contribution < 1.29 is 28.6 Å². The van der Waals surface area contributed by atoms with Gasteiger partial charge in [-0.2, -0.15) is 0 Å². The Balaban J connectivity index is 1.00. The third-order valence-electron chi connectivity index (χ3n) is 16.5. The molecule has 3 unspecified atom stereocenters. The van der Waals surface area contributed by atoms with Crippen molar-refractivity contribution in [3.63, 3.8) is 0 Å². The number of aliphatic hydroxyl groups excluding tert-OH is 1. The highest BCUT2D eigenvalue weighted by Crippen LogP contribution is 2.89. The largest absolute Gasteiger partial charge is 0.461 e. The summed E-state index contributed by atoms with van der Waals surface area (Å²) in [7, 11) is 0. The number of halogens is 1. The van der Waals surface area contributed by atoms with Crippen LogP contribution in [0.4, 0.5) is 4.39 Å². The van der Waals surface area contributed by atoms with Crippen LogP contribution in [0.5, 0.6) is 0 Å². The zero-order valence-electron chi connectivity index (χ0n) is 32.3. The van der Waals surface area contributed by atoms with Crippen LogP contribution in [0.1, 0.15) is 110 Å². The van der Waals surface area contributed by atoms with Crippen LogP contribution >= 0.6 is 0 Å². The third-order valence-corrected chi connectivity index (χ3v) is 16.5. The third kappa shape index (κ3) is 5.19. The molecule has 2 aromatic rings. The average Bonchev–Trinajstić information content (AvgIpc) is 3.70. The van der Waals surface area contributed by atoms with Crippen molar-refractivity contribution in [2.75, 3.05) is 6.54 Å². The second-order valence-corrected chi connectivity index (χ2v) is 19.2. The molecular formula is C44H59FN2O5. The molecule has 6 fully saturated rings. The smallest absolute Gasteiger partial charge is 0.312 e. The molecule has 1 N–H and O–H groups in total. The van der Waals surface area contributed by atoms with Gasteiger partial charge in [-0.05, 0) is 134 Å². The van der Waals surface area contributed by atoms with Gasteiger partial charge in [0.1, 0.15) is 11.9 Å². The van der Waals surface area contributed by atoms with Crippen LogP contribution in [0.3, 0.4) is 0 Å².